The molecule has 2 aromatic rings. The molecule has 0 radical (unpaired) electrons. The maximum atomic E-state index is 12.0. The lowest BCUT2D eigenvalue weighted by molar-refractivity contribution is -0.115. The van der Waals surface area contributed by atoms with Gasteiger partial charge < -0.3 is 8.83 Å². The number of carbonyl (C=O) groups excluding carboxylic acids is 2. The molecule has 1 saturated heterocycles. The third-order valence-electron chi connectivity index (χ3n) is 4.64. The normalized spacial score (nSPS) is 15.9. The second kappa shape index (κ2) is 6.17. The van der Waals surface area contributed by atoms with Crippen LogP contribution >= 0.6 is 11.8 Å². The predicted octanol–water partition coefficient (Wildman–Crippen LogP) is 5.05. The Hall–Kier alpha value is -3.25. The van der Waals surface area contributed by atoms with Crippen LogP contribution in [0.25, 0.3) is 28.0 Å². The highest BCUT2D eigenvalue weighted by Crippen LogP contribution is 2.38. The zero-order valence-corrected chi connectivity index (χ0v) is 14.8. The van der Waals surface area contributed by atoms with Gasteiger partial charge in [-0.1, -0.05) is 24.3 Å². The smallest absolute Gasteiger partial charge is 0.290 e. The molecule has 6 heteroatoms. The molecular formula is C21H13NO4S. The van der Waals surface area contributed by atoms with Crippen LogP contribution in [0.1, 0.15) is 16.9 Å². The molecule has 0 bridgehead atoms. The van der Waals surface area contributed by atoms with Gasteiger partial charge in [0.25, 0.3) is 11.1 Å². The van der Waals surface area contributed by atoms with Crippen LogP contribution < -0.4 is 5.32 Å². The highest BCUT2D eigenvalue weighted by atomic mass is 32.2. The van der Waals surface area contributed by atoms with Crippen molar-refractivity contribution in [2.45, 2.75) is 6.42 Å². The fourth-order valence-electron chi connectivity index (χ4n) is 3.41. The van der Waals surface area contributed by atoms with E-state index in [9.17, 15) is 9.59 Å². The minimum Gasteiger partial charge on any atom is -0.472 e. The topological polar surface area (TPSA) is 72.5 Å². The van der Waals surface area contributed by atoms with Gasteiger partial charge in [0.2, 0.25) is 0 Å². The molecule has 1 aromatic heterocycles. The zero-order chi connectivity index (χ0) is 18.4. The summed E-state index contributed by atoms with van der Waals surface area (Å²) in [5.41, 5.74) is 3.80. The Morgan fingerprint density at radius 1 is 1.11 bits per heavy atom. The van der Waals surface area contributed by atoms with E-state index in [4.69, 9.17) is 8.83 Å². The van der Waals surface area contributed by atoms with Crippen LogP contribution in [0, 0.1) is 0 Å². The van der Waals surface area contributed by atoms with E-state index in [-0.39, 0.29) is 11.1 Å². The second-order valence-corrected chi connectivity index (χ2v) is 7.30. The molecule has 132 valence electrons. The number of imide groups is 1. The summed E-state index contributed by atoms with van der Waals surface area (Å²) in [4.78, 5) is 23.9. The molecule has 5 rings (SSSR count). The fourth-order valence-corrected chi connectivity index (χ4v) is 4.07. The Labute approximate surface area is 158 Å². The van der Waals surface area contributed by atoms with Crippen molar-refractivity contribution < 1.29 is 18.4 Å². The second-order valence-electron chi connectivity index (χ2n) is 6.28. The van der Waals surface area contributed by atoms with Gasteiger partial charge >= 0.3 is 0 Å². The summed E-state index contributed by atoms with van der Waals surface area (Å²) in [6.07, 6.45) is 7.37. The molecule has 2 amide bonds. The Morgan fingerprint density at radius 2 is 2.00 bits per heavy atom. The van der Waals surface area contributed by atoms with E-state index in [0.29, 0.717) is 11.3 Å². The average Bonchev–Trinajstić information content (AvgIpc) is 3.33. The van der Waals surface area contributed by atoms with E-state index < -0.39 is 0 Å². The van der Waals surface area contributed by atoms with Crippen molar-refractivity contribution in [3.8, 4) is 11.1 Å². The minimum atomic E-state index is -0.366. The standard InChI is InChI=1S/C21H13NO4S/c23-20-19(27-21(24)22-20)9-17-13(7-14-10-25-6-5-15(14)17)8-18-16-4-2-1-3-12(16)11-26-18/h1-7,9-11H,8H2,(H,22,23,24). The molecule has 0 saturated carbocycles. The Kier molecular flexibility index (Phi) is 3.65. The number of amides is 2. The first kappa shape index (κ1) is 16.0. The lowest BCUT2D eigenvalue weighted by atomic mass is 10.0. The van der Waals surface area contributed by atoms with Crippen LogP contribution in [0.15, 0.2) is 68.9 Å². The predicted molar refractivity (Wildman–Crippen MR) is 103 cm³/mol. The van der Waals surface area contributed by atoms with E-state index in [0.717, 1.165) is 50.5 Å². The summed E-state index contributed by atoms with van der Waals surface area (Å²) in [5, 5.41) is 4.06. The van der Waals surface area contributed by atoms with E-state index in [1.54, 1.807) is 24.9 Å². The van der Waals surface area contributed by atoms with Gasteiger partial charge in [0, 0.05) is 22.8 Å². The summed E-state index contributed by atoms with van der Waals surface area (Å²) in [6, 6.07) is 11.9. The molecule has 0 spiro atoms. The molecule has 1 fully saturated rings. The van der Waals surface area contributed by atoms with Crippen LogP contribution in [0.2, 0.25) is 0 Å². The highest BCUT2D eigenvalue weighted by Gasteiger charge is 2.27. The van der Waals surface area contributed by atoms with Crippen LogP contribution in [0.4, 0.5) is 4.79 Å². The molecule has 1 aromatic carbocycles. The molecule has 1 aliphatic carbocycles. The third kappa shape index (κ3) is 2.74. The molecule has 3 heterocycles. The van der Waals surface area contributed by atoms with E-state index in [1.165, 1.54) is 0 Å². The quantitative estimate of drug-likeness (QED) is 0.508. The van der Waals surface area contributed by atoms with Crippen LogP contribution in [0.5, 0.6) is 0 Å². The lowest BCUT2D eigenvalue weighted by Crippen LogP contribution is -2.17. The van der Waals surface area contributed by atoms with Gasteiger partial charge in [-0.2, -0.15) is 0 Å². The number of furan rings is 1. The molecule has 2 aliphatic heterocycles. The number of hydrogen-bond acceptors (Lipinski definition) is 5. The highest BCUT2D eigenvalue weighted by molar-refractivity contribution is 8.18. The Balaban J connectivity index is 1.64. The van der Waals surface area contributed by atoms with E-state index >= 15 is 0 Å². The summed E-state index contributed by atoms with van der Waals surface area (Å²) >= 11 is 0.914. The number of nitrogens with one attached hydrogen (secondary N) is 1. The average molecular weight is 375 g/mol. The van der Waals surface area contributed by atoms with Crippen LogP contribution in [-0.4, -0.2) is 11.1 Å². The van der Waals surface area contributed by atoms with Gasteiger partial charge in [0.15, 0.2) is 0 Å². The zero-order valence-electron chi connectivity index (χ0n) is 14.0. The van der Waals surface area contributed by atoms with Crippen LogP contribution in [-0.2, 0) is 11.2 Å². The summed E-state index contributed by atoms with van der Waals surface area (Å²) in [5.74, 6) is 0.492. The monoisotopic (exact) mass is 375 g/mol. The number of thioether (sulfide) groups is 1. The maximum Gasteiger partial charge on any atom is 0.290 e. The van der Waals surface area contributed by atoms with Crippen molar-refractivity contribution in [3.05, 3.63) is 77.0 Å². The molecule has 27 heavy (non-hydrogen) atoms. The van der Waals surface area contributed by atoms with Gasteiger partial charge in [-0.25, -0.2) is 0 Å². The molecule has 5 nitrogen and oxygen atoms in total. The van der Waals surface area contributed by atoms with Crippen molar-refractivity contribution >= 4 is 39.8 Å². The number of rotatable bonds is 3. The summed E-state index contributed by atoms with van der Waals surface area (Å²) < 4.78 is 11.1. The largest absolute Gasteiger partial charge is 0.472 e. The number of carbonyl (C=O) groups is 2. The molecule has 3 aliphatic rings. The summed E-state index contributed by atoms with van der Waals surface area (Å²) in [7, 11) is 0. The SMILES string of the molecule is O=C1NC(=O)C(=Cc2c(Cc3occ4ccccc34)cc3coccc2-3)S1. The van der Waals surface area contributed by atoms with Crippen LogP contribution in [0.3, 0.4) is 0 Å². The molecular weight excluding hydrogens is 362 g/mol. The third-order valence-corrected chi connectivity index (χ3v) is 5.45. The Bertz CT molecular complexity index is 1200. The first-order valence-electron chi connectivity index (χ1n) is 8.37. The molecule has 0 atom stereocenters. The lowest BCUT2D eigenvalue weighted by Gasteiger charge is -2.03. The van der Waals surface area contributed by atoms with Gasteiger partial charge in [-0.3, -0.25) is 14.9 Å². The van der Waals surface area contributed by atoms with E-state index in [1.807, 2.05) is 36.4 Å². The van der Waals surface area contributed by atoms with Crippen molar-refractivity contribution in [3.63, 3.8) is 0 Å². The summed E-state index contributed by atoms with van der Waals surface area (Å²) in [6.45, 7) is 0. The number of benzene rings is 1. The minimum absolute atomic E-state index is 0.351. The number of fused-ring (bicyclic) bond motifs is 2. The number of hydrogen-bond donors (Lipinski definition) is 1. The van der Waals surface area contributed by atoms with Crippen molar-refractivity contribution in [2.24, 2.45) is 0 Å². The van der Waals surface area contributed by atoms with Gasteiger partial charge in [-0.15, -0.1) is 0 Å². The van der Waals surface area contributed by atoms with Crippen molar-refractivity contribution in [1.29, 1.82) is 0 Å². The van der Waals surface area contributed by atoms with Gasteiger partial charge in [0.1, 0.15) is 5.76 Å². The van der Waals surface area contributed by atoms with Crippen molar-refractivity contribution in [1.82, 2.24) is 5.32 Å². The van der Waals surface area contributed by atoms with E-state index in [2.05, 4.69) is 5.32 Å². The first-order chi connectivity index (χ1) is 13.2. The molecule has 1 N–H and O–H groups in total. The first-order valence-corrected chi connectivity index (χ1v) is 9.18. The maximum absolute atomic E-state index is 12.0. The molecule has 0 unspecified atom stereocenters. The Morgan fingerprint density at radius 3 is 2.85 bits per heavy atom. The van der Waals surface area contributed by atoms with Gasteiger partial charge in [-0.05, 0) is 46.7 Å². The fraction of sp³-hybridized carbons (Fsp3) is 0.0476. The van der Waals surface area contributed by atoms with Gasteiger partial charge in [0.05, 0.1) is 23.7 Å². The van der Waals surface area contributed by atoms with Crippen molar-refractivity contribution in [2.75, 3.05) is 0 Å².